The van der Waals surface area contributed by atoms with Crippen LogP contribution in [-0.4, -0.2) is 51.9 Å². The molecule has 2 aliphatic heterocycles. The van der Waals surface area contributed by atoms with E-state index in [0.29, 0.717) is 10.7 Å². The molecule has 19 heavy (non-hydrogen) atoms. The summed E-state index contributed by atoms with van der Waals surface area (Å²) in [5.74, 6) is 0.630. The molecule has 0 unspecified atom stereocenters. The average molecular weight is 280 g/mol. The van der Waals surface area contributed by atoms with Gasteiger partial charge in [0, 0.05) is 5.56 Å². The van der Waals surface area contributed by atoms with Crippen LogP contribution in [-0.2, 0) is 10.0 Å². The van der Waals surface area contributed by atoms with E-state index < -0.39 is 10.0 Å². The summed E-state index contributed by atoms with van der Waals surface area (Å²) in [7, 11) is -3.48. The molecular formula is C13H18N3O2S+. The second-order valence-electron chi connectivity index (χ2n) is 4.98. The molecule has 0 spiro atoms. The number of amidine groups is 1. The van der Waals surface area contributed by atoms with Gasteiger partial charge in [0.2, 0.25) is 0 Å². The SMILES string of the molecule is CC[NH+]1CCN(C2=NS(=O)(=O)c3ccccc32)CC1. The Kier molecular flexibility index (Phi) is 3.06. The predicted molar refractivity (Wildman–Crippen MR) is 73.0 cm³/mol. The first-order valence-corrected chi connectivity index (χ1v) is 8.08. The standard InChI is InChI=1S/C13H17N3O2S/c1-2-15-7-9-16(10-8-15)13-11-5-3-4-6-12(11)19(17,18)14-13/h3-6H,2,7-10H2,1H3/p+1. The van der Waals surface area contributed by atoms with Crippen molar-refractivity contribution in [2.45, 2.75) is 11.8 Å². The lowest BCUT2D eigenvalue weighted by Gasteiger charge is -2.32. The maximum absolute atomic E-state index is 12.0. The quantitative estimate of drug-likeness (QED) is 0.744. The molecule has 1 aromatic carbocycles. The van der Waals surface area contributed by atoms with Crippen molar-refractivity contribution in [3.63, 3.8) is 0 Å². The number of benzene rings is 1. The van der Waals surface area contributed by atoms with Gasteiger partial charge in [-0.2, -0.15) is 8.42 Å². The van der Waals surface area contributed by atoms with Crippen LogP contribution in [0, 0.1) is 0 Å². The van der Waals surface area contributed by atoms with Crippen molar-refractivity contribution >= 4 is 15.9 Å². The minimum absolute atomic E-state index is 0.343. The second-order valence-corrected chi connectivity index (χ2v) is 6.55. The number of sulfonamides is 1. The van der Waals surface area contributed by atoms with E-state index in [0.717, 1.165) is 38.3 Å². The number of fused-ring (bicyclic) bond motifs is 1. The third-order valence-corrected chi connectivity index (χ3v) is 5.21. The molecule has 0 bridgehead atoms. The van der Waals surface area contributed by atoms with Crippen LogP contribution in [0.15, 0.2) is 33.6 Å². The van der Waals surface area contributed by atoms with Crippen LogP contribution < -0.4 is 4.90 Å². The fourth-order valence-electron chi connectivity index (χ4n) is 2.70. The van der Waals surface area contributed by atoms with Gasteiger partial charge in [-0.3, -0.25) is 0 Å². The molecule has 0 radical (unpaired) electrons. The highest BCUT2D eigenvalue weighted by molar-refractivity contribution is 7.90. The van der Waals surface area contributed by atoms with Gasteiger partial charge in [0.25, 0.3) is 10.0 Å². The second kappa shape index (κ2) is 4.61. The lowest BCUT2D eigenvalue weighted by Crippen LogP contribution is -3.14. The van der Waals surface area contributed by atoms with E-state index in [1.54, 1.807) is 17.0 Å². The van der Waals surface area contributed by atoms with E-state index >= 15 is 0 Å². The van der Waals surface area contributed by atoms with E-state index in [4.69, 9.17) is 0 Å². The molecule has 0 aromatic heterocycles. The molecule has 6 heteroatoms. The summed E-state index contributed by atoms with van der Waals surface area (Å²) in [5.41, 5.74) is 0.752. The molecule has 102 valence electrons. The Morgan fingerprint density at radius 3 is 2.63 bits per heavy atom. The molecule has 1 saturated heterocycles. The Morgan fingerprint density at radius 1 is 1.26 bits per heavy atom. The van der Waals surface area contributed by atoms with Crippen molar-refractivity contribution < 1.29 is 13.3 Å². The molecule has 2 heterocycles. The van der Waals surface area contributed by atoms with Crippen LogP contribution in [0.1, 0.15) is 12.5 Å². The van der Waals surface area contributed by atoms with Gasteiger partial charge in [-0.05, 0) is 19.1 Å². The summed E-state index contributed by atoms with van der Waals surface area (Å²) in [6.45, 7) is 7.11. The molecular weight excluding hydrogens is 262 g/mol. The number of likely N-dealkylation sites (N-methyl/N-ethyl adjacent to an activating group) is 1. The fraction of sp³-hybridized carbons (Fsp3) is 0.462. The minimum Gasteiger partial charge on any atom is -0.344 e. The zero-order valence-corrected chi connectivity index (χ0v) is 11.8. The fourth-order valence-corrected chi connectivity index (χ4v) is 3.93. The largest absolute Gasteiger partial charge is 0.344 e. The zero-order chi connectivity index (χ0) is 13.5. The number of quaternary nitrogens is 1. The Balaban J connectivity index is 1.91. The first-order chi connectivity index (χ1) is 9.12. The topological polar surface area (TPSA) is 54.2 Å². The monoisotopic (exact) mass is 280 g/mol. The molecule has 2 aliphatic rings. The summed E-state index contributed by atoms with van der Waals surface area (Å²) in [6.07, 6.45) is 0. The normalized spacial score (nSPS) is 22.2. The minimum atomic E-state index is -3.48. The summed E-state index contributed by atoms with van der Waals surface area (Å²) < 4.78 is 28.0. The van der Waals surface area contributed by atoms with Crippen molar-refractivity contribution in [2.24, 2.45) is 4.40 Å². The number of hydrogen-bond donors (Lipinski definition) is 1. The smallest absolute Gasteiger partial charge is 0.285 e. The number of nitrogens with zero attached hydrogens (tertiary/aromatic N) is 2. The molecule has 5 nitrogen and oxygen atoms in total. The lowest BCUT2D eigenvalue weighted by atomic mass is 10.1. The number of piperazine rings is 1. The molecule has 0 aliphatic carbocycles. The predicted octanol–water partition coefficient (Wildman–Crippen LogP) is -0.644. The van der Waals surface area contributed by atoms with Crippen LogP contribution in [0.4, 0.5) is 0 Å². The summed E-state index contributed by atoms with van der Waals surface area (Å²) in [5, 5.41) is 0. The summed E-state index contributed by atoms with van der Waals surface area (Å²) in [4.78, 5) is 4.00. The molecule has 1 aromatic rings. The molecule has 3 rings (SSSR count). The van der Waals surface area contributed by atoms with Crippen LogP contribution in [0.25, 0.3) is 0 Å². The summed E-state index contributed by atoms with van der Waals surface area (Å²) >= 11 is 0. The van der Waals surface area contributed by atoms with Gasteiger partial charge in [0.15, 0.2) is 5.84 Å². The lowest BCUT2D eigenvalue weighted by molar-refractivity contribution is -0.902. The van der Waals surface area contributed by atoms with E-state index in [1.165, 1.54) is 0 Å². The first kappa shape index (κ1) is 12.6. The maximum atomic E-state index is 12.0. The van der Waals surface area contributed by atoms with Crippen molar-refractivity contribution in [3.8, 4) is 0 Å². The Hall–Kier alpha value is -1.40. The first-order valence-electron chi connectivity index (χ1n) is 6.64. The highest BCUT2D eigenvalue weighted by Gasteiger charge is 2.33. The van der Waals surface area contributed by atoms with Crippen LogP contribution in [0.2, 0.25) is 0 Å². The Bertz CT molecular complexity index is 617. The van der Waals surface area contributed by atoms with Gasteiger partial charge in [0.1, 0.15) is 4.90 Å². The molecule has 0 saturated carbocycles. The number of rotatable bonds is 1. The summed E-state index contributed by atoms with van der Waals surface area (Å²) in [6, 6.07) is 7.09. The average Bonchev–Trinajstić information content (AvgIpc) is 2.72. The highest BCUT2D eigenvalue weighted by Crippen LogP contribution is 2.27. The molecule has 1 fully saturated rings. The van der Waals surface area contributed by atoms with Crippen LogP contribution in [0.3, 0.4) is 0 Å². The van der Waals surface area contributed by atoms with E-state index in [1.807, 2.05) is 12.1 Å². The Morgan fingerprint density at radius 2 is 1.95 bits per heavy atom. The van der Waals surface area contributed by atoms with E-state index in [9.17, 15) is 8.42 Å². The third-order valence-electron chi connectivity index (χ3n) is 3.88. The third kappa shape index (κ3) is 2.15. The van der Waals surface area contributed by atoms with Crippen LogP contribution in [0.5, 0.6) is 0 Å². The van der Waals surface area contributed by atoms with Gasteiger partial charge < -0.3 is 9.80 Å². The van der Waals surface area contributed by atoms with Crippen molar-refractivity contribution in [2.75, 3.05) is 32.7 Å². The highest BCUT2D eigenvalue weighted by atomic mass is 32.2. The zero-order valence-electron chi connectivity index (χ0n) is 11.0. The molecule has 0 amide bonds. The maximum Gasteiger partial charge on any atom is 0.285 e. The Labute approximate surface area is 113 Å². The number of hydrogen-bond acceptors (Lipinski definition) is 3. The van der Waals surface area contributed by atoms with Gasteiger partial charge in [-0.25, -0.2) is 0 Å². The van der Waals surface area contributed by atoms with E-state index in [-0.39, 0.29) is 0 Å². The van der Waals surface area contributed by atoms with Crippen molar-refractivity contribution in [1.82, 2.24) is 4.90 Å². The van der Waals surface area contributed by atoms with Gasteiger partial charge in [0.05, 0.1) is 32.7 Å². The molecule has 1 N–H and O–H groups in total. The van der Waals surface area contributed by atoms with Gasteiger partial charge in [-0.15, -0.1) is 4.40 Å². The molecule has 0 atom stereocenters. The number of nitrogens with one attached hydrogen (secondary N) is 1. The van der Waals surface area contributed by atoms with Crippen molar-refractivity contribution in [3.05, 3.63) is 29.8 Å². The van der Waals surface area contributed by atoms with Gasteiger partial charge >= 0.3 is 0 Å². The van der Waals surface area contributed by atoms with E-state index in [2.05, 4.69) is 16.2 Å². The van der Waals surface area contributed by atoms with Crippen molar-refractivity contribution in [1.29, 1.82) is 0 Å². The van der Waals surface area contributed by atoms with Crippen LogP contribution >= 0.6 is 0 Å². The van der Waals surface area contributed by atoms with Gasteiger partial charge in [-0.1, -0.05) is 12.1 Å².